The van der Waals surface area contributed by atoms with Gasteiger partial charge in [-0.05, 0) is 19.3 Å². The Balaban J connectivity index is 3.25. The van der Waals surface area contributed by atoms with Crippen LogP contribution in [0.1, 0.15) is 84.0 Å². The van der Waals surface area contributed by atoms with Crippen LogP contribution in [0.25, 0.3) is 0 Å². The predicted molar refractivity (Wildman–Crippen MR) is 88.6 cm³/mol. The molecule has 0 saturated heterocycles. The molecule has 0 fully saturated rings. The minimum atomic E-state index is -0.0944. The molecule has 0 N–H and O–H groups in total. The smallest absolute Gasteiger partial charge is 0.305 e. The summed E-state index contributed by atoms with van der Waals surface area (Å²) in [6, 6.07) is 0. The molecule has 0 aromatic rings. The van der Waals surface area contributed by atoms with Crippen LogP contribution in [-0.4, -0.2) is 13.1 Å². The minimum Gasteiger partial charge on any atom is -0.469 e. The average Bonchev–Trinajstić information content (AvgIpc) is 2.50. The number of carbonyl (C=O) groups excluding carboxylic acids is 1. The highest BCUT2D eigenvalue weighted by atomic mass is 16.5. The van der Waals surface area contributed by atoms with E-state index in [0.717, 1.165) is 32.1 Å². The maximum Gasteiger partial charge on any atom is 0.305 e. The van der Waals surface area contributed by atoms with Crippen LogP contribution in [0.2, 0.25) is 0 Å². The minimum absolute atomic E-state index is 0.0944. The van der Waals surface area contributed by atoms with Crippen LogP contribution in [-0.2, 0) is 9.53 Å². The average molecular weight is 290 g/mol. The van der Waals surface area contributed by atoms with Crippen LogP contribution in [0.5, 0.6) is 0 Å². The Morgan fingerprint density at radius 2 is 1.38 bits per heavy atom. The van der Waals surface area contributed by atoms with Crippen LogP contribution >= 0.6 is 0 Å². The van der Waals surface area contributed by atoms with Crippen molar-refractivity contribution < 1.29 is 9.53 Å². The molecule has 118 valence electrons. The number of esters is 1. The molecule has 2 heteroatoms. The van der Waals surface area contributed by atoms with Crippen molar-refractivity contribution in [2.75, 3.05) is 7.11 Å². The van der Waals surface area contributed by atoms with Crippen molar-refractivity contribution in [1.29, 1.82) is 0 Å². The zero-order valence-electron chi connectivity index (χ0n) is 13.8. The number of unbranched alkanes of at least 4 members (excludes halogenated alkanes) is 8. The zero-order chi connectivity index (χ0) is 15.6. The second kappa shape index (κ2) is 16.6. The molecule has 0 atom stereocenters. The van der Waals surface area contributed by atoms with E-state index in [1.807, 2.05) is 0 Å². The second-order valence-corrected chi connectivity index (χ2v) is 5.18. The van der Waals surface area contributed by atoms with Crippen LogP contribution < -0.4 is 0 Å². The standard InChI is InChI=1S/C19H30O2/c1-3-4-5-6-7-8-9-10-11-12-13-14-15-16-17-18-19(20)21-2/h3-5,8,11-18H2,1-2H3. The van der Waals surface area contributed by atoms with Gasteiger partial charge >= 0.3 is 5.97 Å². The number of methoxy groups -OCH3 is 1. The summed E-state index contributed by atoms with van der Waals surface area (Å²) in [6.45, 7) is 2.18. The monoisotopic (exact) mass is 290 g/mol. The Morgan fingerprint density at radius 1 is 0.810 bits per heavy atom. The lowest BCUT2D eigenvalue weighted by atomic mass is 10.1. The van der Waals surface area contributed by atoms with Crippen molar-refractivity contribution in [3.05, 3.63) is 0 Å². The topological polar surface area (TPSA) is 26.3 Å². The highest BCUT2D eigenvalue weighted by molar-refractivity contribution is 5.68. The lowest BCUT2D eigenvalue weighted by Gasteiger charge is -2.00. The van der Waals surface area contributed by atoms with Gasteiger partial charge in [0.05, 0.1) is 13.5 Å². The molecule has 0 rings (SSSR count). The van der Waals surface area contributed by atoms with Gasteiger partial charge in [0.25, 0.3) is 0 Å². The number of ether oxygens (including phenoxy) is 1. The molecule has 0 saturated carbocycles. The molecule has 0 aromatic carbocycles. The predicted octanol–water partition coefficient (Wildman–Crippen LogP) is 4.87. The van der Waals surface area contributed by atoms with Gasteiger partial charge in [0.15, 0.2) is 0 Å². The van der Waals surface area contributed by atoms with E-state index in [-0.39, 0.29) is 5.97 Å². The summed E-state index contributed by atoms with van der Waals surface area (Å²) >= 11 is 0. The summed E-state index contributed by atoms with van der Waals surface area (Å²) in [5, 5.41) is 0. The molecule has 0 unspecified atom stereocenters. The quantitative estimate of drug-likeness (QED) is 0.326. The molecule has 0 aliphatic carbocycles. The number of hydrogen-bond donors (Lipinski definition) is 0. The molecule has 0 spiro atoms. The van der Waals surface area contributed by atoms with Crippen LogP contribution in [0.4, 0.5) is 0 Å². The van der Waals surface area contributed by atoms with Gasteiger partial charge in [-0.25, -0.2) is 0 Å². The van der Waals surface area contributed by atoms with E-state index in [4.69, 9.17) is 0 Å². The Kier molecular flexibility index (Phi) is 15.5. The summed E-state index contributed by atoms with van der Waals surface area (Å²) in [4.78, 5) is 10.9. The van der Waals surface area contributed by atoms with Gasteiger partial charge in [-0.3, -0.25) is 4.79 Å². The third-order valence-corrected chi connectivity index (χ3v) is 3.24. The molecular weight excluding hydrogens is 260 g/mol. The van der Waals surface area contributed by atoms with Crippen molar-refractivity contribution in [3.8, 4) is 23.7 Å². The van der Waals surface area contributed by atoms with Gasteiger partial charge in [0.2, 0.25) is 0 Å². The van der Waals surface area contributed by atoms with Gasteiger partial charge in [-0.15, -0.1) is 11.8 Å². The van der Waals surface area contributed by atoms with Crippen molar-refractivity contribution in [2.45, 2.75) is 84.0 Å². The molecular formula is C19H30O2. The van der Waals surface area contributed by atoms with E-state index in [9.17, 15) is 4.79 Å². The largest absolute Gasteiger partial charge is 0.469 e. The summed E-state index contributed by atoms with van der Waals surface area (Å²) in [5.41, 5.74) is 0. The first kappa shape index (κ1) is 19.6. The number of carbonyl (C=O) groups is 1. The molecule has 0 aliphatic heterocycles. The summed E-state index contributed by atoms with van der Waals surface area (Å²) in [5.74, 6) is 12.5. The maximum absolute atomic E-state index is 10.9. The lowest BCUT2D eigenvalue weighted by molar-refractivity contribution is -0.140. The maximum atomic E-state index is 10.9. The van der Waals surface area contributed by atoms with E-state index in [0.29, 0.717) is 6.42 Å². The van der Waals surface area contributed by atoms with E-state index in [1.165, 1.54) is 45.6 Å². The molecule has 0 aromatic heterocycles. The first-order valence-corrected chi connectivity index (χ1v) is 8.29. The van der Waals surface area contributed by atoms with Crippen molar-refractivity contribution >= 4 is 5.97 Å². The Hall–Kier alpha value is -1.41. The van der Waals surface area contributed by atoms with Gasteiger partial charge in [0.1, 0.15) is 0 Å². The van der Waals surface area contributed by atoms with Gasteiger partial charge in [-0.1, -0.05) is 50.9 Å². The van der Waals surface area contributed by atoms with Gasteiger partial charge in [0, 0.05) is 19.3 Å². The molecule has 0 amide bonds. The molecule has 0 aliphatic rings. The van der Waals surface area contributed by atoms with E-state index in [1.54, 1.807) is 0 Å². The lowest BCUT2D eigenvalue weighted by Crippen LogP contribution is -1.99. The number of hydrogen-bond acceptors (Lipinski definition) is 2. The molecule has 0 radical (unpaired) electrons. The summed E-state index contributed by atoms with van der Waals surface area (Å²) in [6.07, 6.45) is 12.6. The fourth-order valence-corrected chi connectivity index (χ4v) is 1.90. The fraction of sp³-hybridized carbons (Fsp3) is 0.737. The molecule has 2 nitrogen and oxygen atoms in total. The molecule has 0 bridgehead atoms. The van der Waals surface area contributed by atoms with Crippen molar-refractivity contribution in [1.82, 2.24) is 0 Å². The highest BCUT2D eigenvalue weighted by Crippen LogP contribution is 2.08. The van der Waals surface area contributed by atoms with Gasteiger partial charge in [-0.2, -0.15) is 0 Å². The molecule has 0 heterocycles. The zero-order valence-corrected chi connectivity index (χ0v) is 13.8. The highest BCUT2D eigenvalue weighted by Gasteiger charge is 1.98. The van der Waals surface area contributed by atoms with E-state index in [2.05, 4.69) is 35.3 Å². The van der Waals surface area contributed by atoms with E-state index < -0.39 is 0 Å². The summed E-state index contributed by atoms with van der Waals surface area (Å²) < 4.78 is 4.61. The SMILES string of the molecule is CCCCC#CCC#CCCCCCCCCC(=O)OC. The van der Waals surface area contributed by atoms with Crippen LogP contribution in [0.3, 0.4) is 0 Å². The second-order valence-electron chi connectivity index (χ2n) is 5.18. The first-order valence-electron chi connectivity index (χ1n) is 8.29. The van der Waals surface area contributed by atoms with Crippen molar-refractivity contribution in [3.63, 3.8) is 0 Å². The molecule has 21 heavy (non-hydrogen) atoms. The fourth-order valence-electron chi connectivity index (χ4n) is 1.90. The van der Waals surface area contributed by atoms with Crippen LogP contribution in [0, 0.1) is 23.7 Å². The number of rotatable bonds is 10. The van der Waals surface area contributed by atoms with Crippen molar-refractivity contribution in [2.24, 2.45) is 0 Å². The Morgan fingerprint density at radius 3 is 2.00 bits per heavy atom. The van der Waals surface area contributed by atoms with Gasteiger partial charge < -0.3 is 4.74 Å². The first-order chi connectivity index (χ1) is 10.3. The Bertz CT molecular complexity index is 362. The third kappa shape index (κ3) is 16.5. The normalized spacial score (nSPS) is 9.24. The summed E-state index contributed by atoms with van der Waals surface area (Å²) in [7, 11) is 1.44. The van der Waals surface area contributed by atoms with E-state index >= 15 is 0 Å². The third-order valence-electron chi connectivity index (χ3n) is 3.24. The van der Waals surface area contributed by atoms with Crippen LogP contribution in [0.15, 0.2) is 0 Å². The Labute approximate surface area is 131 Å².